The molecule has 1 unspecified atom stereocenters. The van der Waals surface area contributed by atoms with Gasteiger partial charge >= 0.3 is 0 Å². The quantitative estimate of drug-likeness (QED) is 0.681. The lowest BCUT2D eigenvalue weighted by atomic mass is 10.2. The van der Waals surface area contributed by atoms with Gasteiger partial charge in [-0.3, -0.25) is 4.79 Å². The molecule has 0 aliphatic heterocycles. The molecule has 1 atom stereocenters. The van der Waals surface area contributed by atoms with Crippen molar-refractivity contribution in [2.45, 2.75) is 19.4 Å². The highest BCUT2D eigenvalue weighted by molar-refractivity contribution is 7.09. The summed E-state index contributed by atoms with van der Waals surface area (Å²) in [5.74, 6) is -0.0110. The summed E-state index contributed by atoms with van der Waals surface area (Å²) in [6.07, 6.45) is 2.60. The van der Waals surface area contributed by atoms with E-state index in [9.17, 15) is 4.79 Å². The first-order valence-corrected chi connectivity index (χ1v) is 6.54. The molecular formula is C11H19N3O2S. The number of carbonyl (C=O) groups is 1. The smallest absolute Gasteiger partial charge is 0.234 e. The molecule has 0 spiro atoms. The average Bonchev–Trinajstić information content (AvgIpc) is 2.85. The van der Waals surface area contributed by atoms with Crippen molar-refractivity contribution in [3.63, 3.8) is 0 Å². The van der Waals surface area contributed by atoms with Crippen LogP contribution in [0, 0.1) is 0 Å². The monoisotopic (exact) mass is 257 g/mol. The summed E-state index contributed by atoms with van der Waals surface area (Å²) in [6.45, 7) is 3.63. The Morgan fingerprint density at radius 3 is 3.06 bits per heavy atom. The van der Waals surface area contributed by atoms with Crippen molar-refractivity contribution in [1.82, 2.24) is 15.6 Å². The molecule has 0 fully saturated rings. The van der Waals surface area contributed by atoms with Crippen LogP contribution in [0.25, 0.3) is 0 Å². The minimum absolute atomic E-state index is 0.0110. The lowest BCUT2D eigenvalue weighted by Crippen LogP contribution is -2.37. The number of nitrogens with one attached hydrogen (secondary N) is 2. The molecule has 17 heavy (non-hydrogen) atoms. The molecule has 1 aromatic rings. The fourth-order valence-corrected chi connectivity index (χ4v) is 2.14. The zero-order chi connectivity index (χ0) is 12.5. The van der Waals surface area contributed by atoms with Crippen LogP contribution < -0.4 is 10.6 Å². The van der Waals surface area contributed by atoms with Gasteiger partial charge in [0.05, 0.1) is 19.2 Å². The van der Waals surface area contributed by atoms with E-state index in [4.69, 9.17) is 4.74 Å². The topological polar surface area (TPSA) is 63.2 Å². The standard InChI is InChI=1S/C11H19N3O2S/c1-3-9(11-13-5-7-17-11)14-10(15)8-12-4-6-16-2/h5,7,9,12H,3-4,6,8H2,1-2H3,(H,14,15). The van der Waals surface area contributed by atoms with E-state index in [1.165, 1.54) is 0 Å². The van der Waals surface area contributed by atoms with Crippen molar-refractivity contribution in [2.75, 3.05) is 26.8 Å². The van der Waals surface area contributed by atoms with Crippen LogP contribution in [0.2, 0.25) is 0 Å². The molecule has 0 bridgehead atoms. The van der Waals surface area contributed by atoms with E-state index in [2.05, 4.69) is 15.6 Å². The van der Waals surface area contributed by atoms with Gasteiger partial charge in [-0.15, -0.1) is 11.3 Å². The number of rotatable bonds is 8. The van der Waals surface area contributed by atoms with Gasteiger partial charge in [-0.1, -0.05) is 6.92 Å². The van der Waals surface area contributed by atoms with Crippen LogP contribution >= 0.6 is 11.3 Å². The maximum atomic E-state index is 11.6. The average molecular weight is 257 g/mol. The van der Waals surface area contributed by atoms with E-state index < -0.39 is 0 Å². The normalized spacial score (nSPS) is 12.4. The fraction of sp³-hybridized carbons (Fsp3) is 0.636. The summed E-state index contributed by atoms with van der Waals surface area (Å²) in [5, 5.41) is 8.83. The summed E-state index contributed by atoms with van der Waals surface area (Å²) in [7, 11) is 1.64. The largest absolute Gasteiger partial charge is 0.383 e. The number of nitrogens with zero attached hydrogens (tertiary/aromatic N) is 1. The maximum absolute atomic E-state index is 11.6. The third-order valence-electron chi connectivity index (χ3n) is 2.26. The first-order chi connectivity index (χ1) is 8.27. The Morgan fingerprint density at radius 2 is 2.47 bits per heavy atom. The van der Waals surface area contributed by atoms with Gasteiger partial charge in [-0.25, -0.2) is 4.98 Å². The number of thiazole rings is 1. The molecule has 1 aromatic heterocycles. The first kappa shape index (κ1) is 14.1. The second kappa shape index (κ2) is 8.16. The summed E-state index contributed by atoms with van der Waals surface area (Å²) < 4.78 is 4.88. The van der Waals surface area contributed by atoms with Crippen LogP contribution in [0.1, 0.15) is 24.4 Å². The van der Waals surface area contributed by atoms with Crippen molar-refractivity contribution < 1.29 is 9.53 Å². The Bertz CT molecular complexity index is 317. The number of hydrogen-bond donors (Lipinski definition) is 2. The van der Waals surface area contributed by atoms with Crippen molar-refractivity contribution in [3.05, 3.63) is 16.6 Å². The molecule has 1 amide bonds. The zero-order valence-corrected chi connectivity index (χ0v) is 11.0. The van der Waals surface area contributed by atoms with Crippen LogP contribution in [-0.4, -0.2) is 37.7 Å². The third kappa shape index (κ3) is 5.25. The van der Waals surface area contributed by atoms with E-state index in [-0.39, 0.29) is 11.9 Å². The van der Waals surface area contributed by atoms with Crippen molar-refractivity contribution in [2.24, 2.45) is 0 Å². The molecule has 0 saturated carbocycles. The van der Waals surface area contributed by atoms with E-state index in [0.717, 1.165) is 11.4 Å². The molecule has 0 radical (unpaired) electrons. The number of carbonyl (C=O) groups excluding carboxylic acids is 1. The SMILES string of the molecule is CCC(NC(=O)CNCCOC)c1nccs1. The van der Waals surface area contributed by atoms with Crippen LogP contribution in [0.5, 0.6) is 0 Å². The van der Waals surface area contributed by atoms with E-state index >= 15 is 0 Å². The summed E-state index contributed by atoms with van der Waals surface area (Å²) in [6, 6.07) is 0.0201. The van der Waals surface area contributed by atoms with Crippen LogP contribution in [0.15, 0.2) is 11.6 Å². The zero-order valence-electron chi connectivity index (χ0n) is 10.2. The molecule has 0 aromatic carbocycles. The minimum atomic E-state index is -0.0110. The third-order valence-corrected chi connectivity index (χ3v) is 3.15. The van der Waals surface area contributed by atoms with Gasteiger partial charge in [-0.05, 0) is 6.42 Å². The maximum Gasteiger partial charge on any atom is 0.234 e. The molecule has 0 aliphatic rings. The predicted octanol–water partition coefficient (Wildman–Crippen LogP) is 0.946. The highest BCUT2D eigenvalue weighted by Gasteiger charge is 2.14. The van der Waals surface area contributed by atoms with Crippen LogP contribution in [0.3, 0.4) is 0 Å². The molecule has 0 aliphatic carbocycles. The van der Waals surface area contributed by atoms with E-state index in [1.807, 2.05) is 12.3 Å². The molecule has 1 heterocycles. The fourth-order valence-electron chi connectivity index (χ4n) is 1.37. The molecule has 1 rings (SSSR count). The Balaban J connectivity index is 2.28. The Hall–Kier alpha value is -0.980. The second-order valence-electron chi connectivity index (χ2n) is 3.57. The lowest BCUT2D eigenvalue weighted by molar-refractivity contribution is -0.121. The molecular weight excluding hydrogens is 238 g/mol. The highest BCUT2D eigenvalue weighted by atomic mass is 32.1. The molecule has 2 N–H and O–H groups in total. The highest BCUT2D eigenvalue weighted by Crippen LogP contribution is 2.18. The van der Waals surface area contributed by atoms with Crippen molar-refractivity contribution >= 4 is 17.2 Å². The lowest BCUT2D eigenvalue weighted by Gasteiger charge is -2.14. The predicted molar refractivity (Wildman–Crippen MR) is 68.0 cm³/mol. The summed E-state index contributed by atoms with van der Waals surface area (Å²) in [5.41, 5.74) is 0. The van der Waals surface area contributed by atoms with Gasteiger partial charge in [0.1, 0.15) is 5.01 Å². The first-order valence-electron chi connectivity index (χ1n) is 5.66. The Morgan fingerprint density at radius 1 is 1.65 bits per heavy atom. The van der Waals surface area contributed by atoms with Gasteiger partial charge < -0.3 is 15.4 Å². The van der Waals surface area contributed by atoms with Gasteiger partial charge in [0.25, 0.3) is 0 Å². The molecule has 6 heteroatoms. The Kier molecular flexibility index (Phi) is 6.76. The number of hydrogen-bond acceptors (Lipinski definition) is 5. The van der Waals surface area contributed by atoms with Crippen LogP contribution in [-0.2, 0) is 9.53 Å². The van der Waals surface area contributed by atoms with E-state index in [1.54, 1.807) is 24.6 Å². The molecule has 0 saturated heterocycles. The van der Waals surface area contributed by atoms with Gasteiger partial charge in [0.15, 0.2) is 0 Å². The number of aromatic nitrogens is 1. The number of ether oxygens (including phenoxy) is 1. The van der Waals surface area contributed by atoms with Crippen molar-refractivity contribution in [1.29, 1.82) is 0 Å². The van der Waals surface area contributed by atoms with Crippen molar-refractivity contribution in [3.8, 4) is 0 Å². The van der Waals surface area contributed by atoms with Gasteiger partial charge in [0, 0.05) is 25.2 Å². The second-order valence-corrected chi connectivity index (χ2v) is 4.49. The van der Waals surface area contributed by atoms with E-state index in [0.29, 0.717) is 19.7 Å². The molecule has 5 nitrogen and oxygen atoms in total. The van der Waals surface area contributed by atoms with Crippen LogP contribution in [0.4, 0.5) is 0 Å². The minimum Gasteiger partial charge on any atom is -0.383 e. The number of methoxy groups -OCH3 is 1. The number of amides is 1. The van der Waals surface area contributed by atoms with Gasteiger partial charge in [0.2, 0.25) is 5.91 Å². The van der Waals surface area contributed by atoms with Gasteiger partial charge in [-0.2, -0.15) is 0 Å². The Labute approximate surface area is 106 Å². The molecule has 96 valence electrons. The summed E-state index contributed by atoms with van der Waals surface area (Å²) >= 11 is 1.56. The summed E-state index contributed by atoms with van der Waals surface area (Å²) in [4.78, 5) is 15.8.